The van der Waals surface area contributed by atoms with Crippen LogP contribution in [0.1, 0.15) is 6.92 Å². The third kappa shape index (κ3) is 4.20. The largest absolute Gasteiger partial charge is 0.300 e. The third-order valence-corrected chi connectivity index (χ3v) is 3.03. The summed E-state index contributed by atoms with van der Waals surface area (Å²) >= 11 is 3.36. The number of benzene rings is 2. The van der Waals surface area contributed by atoms with E-state index in [9.17, 15) is 4.79 Å². The smallest absolute Gasteiger partial charge is 0.196 e. The Balaban J connectivity index is 2.11. The van der Waals surface area contributed by atoms with E-state index in [0.29, 0.717) is 5.69 Å². The summed E-state index contributed by atoms with van der Waals surface area (Å²) in [6, 6.07) is 16.9. The van der Waals surface area contributed by atoms with Crippen molar-refractivity contribution < 1.29 is 4.79 Å². The van der Waals surface area contributed by atoms with Crippen LogP contribution in [-0.4, -0.2) is 11.6 Å². The summed E-state index contributed by atoms with van der Waals surface area (Å²) in [6.07, 6.45) is 0. The second kappa shape index (κ2) is 6.86. The van der Waals surface area contributed by atoms with Gasteiger partial charge in [0, 0.05) is 11.4 Å². The second-order valence-electron chi connectivity index (χ2n) is 4.11. The van der Waals surface area contributed by atoms with Gasteiger partial charge in [-0.25, -0.2) is 4.99 Å². The third-order valence-electron chi connectivity index (χ3n) is 2.50. The maximum atomic E-state index is 11.6. The number of carbonyl (C=O) groups is 1. The van der Waals surface area contributed by atoms with E-state index in [4.69, 9.17) is 0 Å². The monoisotopic (exact) mass is 331 g/mol. The summed E-state index contributed by atoms with van der Waals surface area (Å²) in [5.74, 6) is 0.118. The minimum Gasteiger partial charge on any atom is -0.300 e. The minimum atomic E-state index is -0.142. The summed E-state index contributed by atoms with van der Waals surface area (Å²) < 4.78 is 0.969. The zero-order valence-corrected chi connectivity index (χ0v) is 12.5. The van der Waals surface area contributed by atoms with E-state index in [-0.39, 0.29) is 11.6 Å². The lowest BCUT2D eigenvalue weighted by molar-refractivity contribution is -0.111. The van der Waals surface area contributed by atoms with Gasteiger partial charge in [-0.3, -0.25) is 15.6 Å². The fourth-order valence-electron chi connectivity index (χ4n) is 1.49. The highest BCUT2D eigenvalue weighted by Crippen LogP contribution is 2.16. The number of nitrogens with one attached hydrogen (secondary N) is 2. The van der Waals surface area contributed by atoms with Gasteiger partial charge >= 0.3 is 0 Å². The molecule has 5 heteroatoms. The van der Waals surface area contributed by atoms with Gasteiger partial charge in [-0.05, 0) is 36.4 Å². The molecular weight excluding hydrogens is 318 g/mol. The van der Waals surface area contributed by atoms with Gasteiger partial charge in [-0.2, -0.15) is 0 Å². The Morgan fingerprint density at radius 1 is 1.05 bits per heavy atom. The molecule has 0 atom stereocenters. The van der Waals surface area contributed by atoms with Gasteiger partial charge in [0.05, 0.1) is 11.4 Å². The van der Waals surface area contributed by atoms with Gasteiger partial charge in [0.1, 0.15) is 0 Å². The highest BCUT2D eigenvalue weighted by atomic mass is 79.9. The molecule has 20 heavy (non-hydrogen) atoms. The SMILES string of the molecule is CC(=O)C(=Nc1ccc(Br)cc1)NNc1ccccc1. The number of nitrogens with zero attached hydrogens (tertiary/aromatic N) is 1. The van der Waals surface area contributed by atoms with E-state index < -0.39 is 0 Å². The Morgan fingerprint density at radius 3 is 2.30 bits per heavy atom. The van der Waals surface area contributed by atoms with Gasteiger partial charge in [-0.15, -0.1) is 0 Å². The average Bonchev–Trinajstić information content (AvgIpc) is 2.46. The first-order chi connectivity index (χ1) is 9.65. The standard InChI is InChI=1S/C15H14BrN3O/c1-11(20)15(17-13-9-7-12(16)8-10-13)19-18-14-5-3-2-4-6-14/h2-10,18H,1H3,(H,17,19). The molecule has 4 nitrogen and oxygen atoms in total. The van der Waals surface area contributed by atoms with Gasteiger partial charge in [0.15, 0.2) is 11.6 Å². The first kappa shape index (κ1) is 14.3. The van der Waals surface area contributed by atoms with E-state index in [1.54, 1.807) is 0 Å². The summed E-state index contributed by atoms with van der Waals surface area (Å²) in [6.45, 7) is 1.47. The molecule has 0 aromatic heterocycles. The fourth-order valence-corrected chi connectivity index (χ4v) is 1.76. The number of para-hydroxylation sites is 1. The van der Waals surface area contributed by atoms with Gasteiger partial charge in [0.25, 0.3) is 0 Å². The summed E-state index contributed by atoms with van der Waals surface area (Å²) in [5.41, 5.74) is 7.35. The van der Waals surface area contributed by atoms with Crippen molar-refractivity contribution in [3.8, 4) is 0 Å². The van der Waals surface area contributed by atoms with Crippen molar-refractivity contribution in [1.82, 2.24) is 5.43 Å². The molecular formula is C15H14BrN3O. The molecule has 2 aromatic rings. The molecule has 0 bridgehead atoms. The van der Waals surface area contributed by atoms with Gasteiger partial charge < -0.3 is 0 Å². The van der Waals surface area contributed by atoms with E-state index in [1.165, 1.54) is 6.92 Å². The number of aliphatic imine (C=N–C) groups is 1. The van der Waals surface area contributed by atoms with Crippen molar-refractivity contribution in [2.24, 2.45) is 4.99 Å². The number of carbonyl (C=O) groups excluding carboxylic acids is 1. The number of Topliss-reactive ketones (excluding diaryl/α,β-unsaturated/α-hetero) is 1. The molecule has 2 aromatic carbocycles. The number of amidine groups is 1. The predicted molar refractivity (Wildman–Crippen MR) is 85.1 cm³/mol. The topological polar surface area (TPSA) is 53.5 Å². The zero-order chi connectivity index (χ0) is 14.4. The first-order valence-corrected chi connectivity index (χ1v) is 6.87. The first-order valence-electron chi connectivity index (χ1n) is 6.07. The molecule has 102 valence electrons. The van der Waals surface area contributed by atoms with Gasteiger partial charge in [0.2, 0.25) is 0 Å². The Morgan fingerprint density at radius 2 is 1.70 bits per heavy atom. The summed E-state index contributed by atoms with van der Waals surface area (Å²) in [4.78, 5) is 15.9. The lowest BCUT2D eigenvalue weighted by Crippen LogP contribution is -2.34. The van der Waals surface area contributed by atoms with Crippen molar-refractivity contribution in [3.05, 3.63) is 59.1 Å². The molecule has 0 aliphatic heterocycles. The number of rotatable bonds is 4. The van der Waals surface area contributed by atoms with Crippen LogP contribution in [0.5, 0.6) is 0 Å². The Kier molecular flexibility index (Phi) is 4.90. The van der Waals surface area contributed by atoms with Crippen LogP contribution in [-0.2, 0) is 4.79 Å². The molecule has 0 fully saturated rings. The molecule has 0 radical (unpaired) electrons. The summed E-state index contributed by atoms with van der Waals surface area (Å²) in [5, 5.41) is 0. The van der Waals surface area contributed by atoms with Crippen LogP contribution in [0.3, 0.4) is 0 Å². The lowest BCUT2D eigenvalue weighted by Gasteiger charge is -2.10. The maximum Gasteiger partial charge on any atom is 0.196 e. The van der Waals surface area contributed by atoms with E-state index in [2.05, 4.69) is 31.8 Å². The van der Waals surface area contributed by atoms with Crippen LogP contribution < -0.4 is 10.9 Å². The number of ketones is 1. The second-order valence-corrected chi connectivity index (χ2v) is 5.02. The van der Waals surface area contributed by atoms with Crippen molar-refractivity contribution in [2.45, 2.75) is 6.92 Å². The highest BCUT2D eigenvalue weighted by Gasteiger charge is 2.05. The van der Waals surface area contributed by atoms with Crippen LogP contribution in [0, 0.1) is 0 Å². The van der Waals surface area contributed by atoms with Crippen molar-refractivity contribution >= 4 is 38.9 Å². The van der Waals surface area contributed by atoms with Crippen LogP contribution in [0.4, 0.5) is 11.4 Å². The quantitative estimate of drug-likeness (QED) is 0.510. The lowest BCUT2D eigenvalue weighted by atomic mass is 10.3. The summed E-state index contributed by atoms with van der Waals surface area (Å²) in [7, 11) is 0. The van der Waals surface area contributed by atoms with E-state index >= 15 is 0 Å². The molecule has 0 saturated carbocycles. The number of anilines is 1. The molecule has 0 amide bonds. The van der Waals surface area contributed by atoms with Crippen LogP contribution in [0.2, 0.25) is 0 Å². The fraction of sp³-hybridized carbons (Fsp3) is 0.0667. The molecule has 0 heterocycles. The Hall–Kier alpha value is -2.14. The van der Waals surface area contributed by atoms with E-state index in [0.717, 1.165) is 10.2 Å². The van der Waals surface area contributed by atoms with Crippen molar-refractivity contribution in [3.63, 3.8) is 0 Å². The van der Waals surface area contributed by atoms with Crippen LogP contribution in [0.25, 0.3) is 0 Å². The predicted octanol–water partition coefficient (Wildman–Crippen LogP) is 3.68. The number of hydrogen-bond acceptors (Lipinski definition) is 3. The van der Waals surface area contributed by atoms with Crippen molar-refractivity contribution in [1.29, 1.82) is 0 Å². The normalized spacial score (nSPS) is 11.0. The van der Waals surface area contributed by atoms with Crippen LogP contribution >= 0.6 is 15.9 Å². The molecule has 0 unspecified atom stereocenters. The van der Waals surface area contributed by atoms with Crippen molar-refractivity contribution in [2.75, 3.05) is 5.43 Å². The molecule has 0 saturated heterocycles. The number of hydrazine groups is 1. The Labute approximate surface area is 126 Å². The molecule has 0 spiro atoms. The average molecular weight is 332 g/mol. The van der Waals surface area contributed by atoms with Crippen LogP contribution in [0.15, 0.2) is 64.1 Å². The molecule has 2 N–H and O–H groups in total. The maximum absolute atomic E-state index is 11.6. The number of hydrogen-bond donors (Lipinski definition) is 2. The van der Waals surface area contributed by atoms with Gasteiger partial charge in [-0.1, -0.05) is 34.1 Å². The Bertz CT molecular complexity index is 609. The molecule has 2 rings (SSSR count). The molecule has 0 aliphatic carbocycles. The van der Waals surface area contributed by atoms with E-state index in [1.807, 2.05) is 54.6 Å². The molecule has 0 aliphatic rings. The number of halogens is 1. The zero-order valence-electron chi connectivity index (χ0n) is 10.9. The highest BCUT2D eigenvalue weighted by molar-refractivity contribution is 9.10. The minimum absolute atomic E-state index is 0.142.